The largest absolute Gasteiger partial charge is 0.327 e. The minimum Gasteiger partial charge on any atom is -0.327 e. The van der Waals surface area contributed by atoms with Crippen LogP contribution in [-0.2, 0) is 0 Å². The molecule has 0 aliphatic heterocycles. The summed E-state index contributed by atoms with van der Waals surface area (Å²) in [6.45, 7) is 4.17. The molecule has 0 aliphatic rings. The number of benzene rings is 1. The minimum absolute atomic E-state index is 0.237. The maximum absolute atomic E-state index is 12.1. The molecule has 0 saturated heterocycles. The van der Waals surface area contributed by atoms with Crippen molar-refractivity contribution in [3.05, 3.63) is 54.9 Å². The quantitative estimate of drug-likeness (QED) is 0.747. The molecule has 0 heterocycles. The van der Waals surface area contributed by atoms with E-state index in [0.29, 0.717) is 18.4 Å². The van der Waals surface area contributed by atoms with Gasteiger partial charge in [-0.15, -0.1) is 6.58 Å². The minimum atomic E-state index is 0.237. The first-order valence-electron chi connectivity index (χ1n) is 4.65. The number of halogens is 1. The van der Waals surface area contributed by atoms with Gasteiger partial charge in [0.05, 0.1) is 6.33 Å². The molecule has 3 heteroatoms. The van der Waals surface area contributed by atoms with Crippen LogP contribution in [0.2, 0.25) is 0 Å². The molecular formula is C12H17FN2. The Hall–Kier alpha value is -1.45. The maximum Gasteiger partial charge on any atom is 0.0917 e. The van der Waals surface area contributed by atoms with E-state index in [2.05, 4.69) is 6.58 Å². The molecule has 0 bridgehead atoms. The Bertz CT molecular complexity index is 294. The summed E-state index contributed by atoms with van der Waals surface area (Å²) in [4.78, 5) is 0. The van der Waals surface area contributed by atoms with Crippen LogP contribution in [0.25, 0.3) is 5.57 Å². The van der Waals surface area contributed by atoms with E-state index in [1.807, 2.05) is 30.3 Å². The highest BCUT2D eigenvalue weighted by atomic mass is 19.1. The van der Waals surface area contributed by atoms with Gasteiger partial charge in [-0.05, 0) is 5.56 Å². The van der Waals surface area contributed by atoms with Crippen molar-refractivity contribution in [2.24, 2.45) is 11.5 Å². The van der Waals surface area contributed by atoms with Crippen LogP contribution in [0.3, 0.4) is 0 Å². The lowest BCUT2D eigenvalue weighted by molar-refractivity contribution is 0.721. The zero-order valence-electron chi connectivity index (χ0n) is 8.70. The normalized spacial score (nSPS) is 10.2. The molecular weight excluding hydrogens is 191 g/mol. The van der Waals surface area contributed by atoms with Crippen molar-refractivity contribution in [1.29, 1.82) is 0 Å². The van der Waals surface area contributed by atoms with Gasteiger partial charge in [-0.2, -0.15) is 0 Å². The fourth-order valence-corrected chi connectivity index (χ4v) is 0.878. The third kappa shape index (κ3) is 5.78. The molecule has 15 heavy (non-hydrogen) atoms. The van der Waals surface area contributed by atoms with Gasteiger partial charge in [-0.1, -0.05) is 36.4 Å². The van der Waals surface area contributed by atoms with Crippen molar-refractivity contribution in [2.45, 2.75) is 0 Å². The number of hydrogen-bond acceptors (Lipinski definition) is 2. The Morgan fingerprint density at radius 1 is 1.27 bits per heavy atom. The van der Waals surface area contributed by atoms with Crippen LogP contribution in [0.1, 0.15) is 5.56 Å². The molecule has 0 aliphatic carbocycles. The van der Waals surface area contributed by atoms with Crippen molar-refractivity contribution in [3.63, 3.8) is 0 Å². The Morgan fingerprint density at radius 2 is 1.80 bits per heavy atom. The highest BCUT2D eigenvalue weighted by Gasteiger charge is 1.96. The Morgan fingerprint density at radius 3 is 2.13 bits per heavy atom. The van der Waals surface area contributed by atoms with Gasteiger partial charge in [-0.3, -0.25) is 0 Å². The number of hydrogen-bond donors (Lipinski definition) is 2. The maximum atomic E-state index is 12.1. The standard InChI is InChI=1S/C9H10FN.C3H7N/c10-6-9(7-11)8-4-2-1-3-5-8;1-2-3-4/h1-6H,7,11H2;2H,1,3-4H2. The lowest BCUT2D eigenvalue weighted by Gasteiger charge is -2.00. The van der Waals surface area contributed by atoms with E-state index in [0.717, 1.165) is 5.56 Å². The first kappa shape index (κ1) is 13.5. The molecule has 2 nitrogen and oxygen atoms in total. The van der Waals surface area contributed by atoms with Crippen LogP contribution < -0.4 is 11.5 Å². The van der Waals surface area contributed by atoms with E-state index < -0.39 is 0 Å². The van der Waals surface area contributed by atoms with E-state index in [9.17, 15) is 4.39 Å². The summed E-state index contributed by atoms with van der Waals surface area (Å²) in [5.41, 5.74) is 11.6. The predicted octanol–water partition coefficient (Wildman–Crippen LogP) is 2.09. The van der Waals surface area contributed by atoms with Gasteiger partial charge in [0.1, 0.15) is 0 Å². The smallest absolute Gasteiger partial charge is 0.0917 e. The lowest BCUT2D eigenvalue weighted by Crippen LogP contribution is -2.01. The number of rotatable bonds is 3. The molecule has 0 saturated carbocycles. The van der Waals surface area contributed by atoms with Gasteiger partial charge in [0.15, 0.2) is 0 Å². The van der Waals surface area contributed by atoms with E-state index in [1.54, 1.807) is 6.08 Å². The van der Waals surface area contributed by atoms with Crippen molar-refractivity contribution < 1.29 is 4.39 Å². The van der Waals surface area contributed by atoms with Crippen molar-refractivity contribution in [1.82, 2.24) is 0 Å². The average Bonchev–Trinajstić information content (AvgIpc) is 2.32. The molecule has 1 aromatic carbocycles. The average molecular weight is 208 g/mol. The second kappa shape index (κ2) is 9.12. The molecule has 0 amide bonds. The van der Waals surface area contributed by atoms with Crippen LogP contribution >= 0.6 is 0 Å². The van der Waals surface area contributed by atoms with Gasteiger partial charge >= 0.3 is 0 Å². The van der Waals surface area contributed by atoms with E-state index in [1.165, 1.54) is 0 Å². The predicted molar refractivity (Wildman–Crippen MR) is 63.8 cm³/mol. The molecule has 0 radical (unpaired) electrons. The van der Waals surface area contributed by atoms with Crippen LogP contribution in [0.4, 0.5) is 4.39 Å². The monoisotopic (exact) mass is 208 g/mol. The van der Waals surface area contributed by atoms with Crippen molar-refractivity contribution >= 4 is 5.57 Å². The van der Waals surface area contributed by atoms with Crippen LogP contribution in [0.15, 0.2) is 49.3 Å². The zero-order valence-corrected chi connectivity index (χ0v) is 8.70. The van der Waals surface area contributed by atoms with Gasteiger partial charge in [0.25, 0.3) is 0 Å². The fourth-order valence-electron chi connectivity index (χ4n) is 0.878. The molecule has 1 aromatic rings. The molecule has 0 spiro atoms. The second-order valence-corrected chi connectivity index (χ2v) is 2.73. The Labute approximate surface area is 90.1 Å². The highest BCUT2D eigenvalue weighted by molar-refractivity contribution is 5.65. The molecule has 4 N–H and O–H groups in total. The van der Waals surface area contributed by atoms with Crippen molar-refractivity contribution in [3.8, 4) is 0 Å². The topological polar surface area (TPSA) is 52.0 Å². The van der Waals surface area contributed by atoms with Crippen LogP contribution in [0.5, 0.6) is 0 Å². The van der Waals surface area contributed by atoms with Gasteiger partial charge in [-0.25, -0.2) is 4.39 Å². The van der Waals surface area contributed by atoms with E-state index in [4.69, 9.17) is 11.5 Å². The van der Waals surface area contributed by atoms with Gasteiger partial charge < -0.3 is 11.5 Å². The summed E-state index contributed by atoms with van der Waals surface area (Å²) < 4.78 is 12.1. The third-order valence-corrected chi connectivity index (χ3v) is 1.66. The van der Waals surface area contributed by atoms with Crippen LogP contribution in [-0.4, -0.2) is 13.1 Å². The molecule has 1 rings (SSSR count). The third-order valence-electron chi connectivity index (χ3n) is 1.66. The Balaban J connectivity index is 0.000000423. The highest BCUT2D eigenvalue weighted by Crippen LogP contribution is 2.11. The zero-order chi connectivity index (χ0) is 11.5. The van der Waals surface area contributed by atoms with Gasteiger partial charge in [0.2, 0.25) is 0 Å². The molecule has 0 aromatic heterocycles. The molecule has 0 unspecified atom stereocenters. The van der Waals surface area contributed by atoms with E-state index >= 15 is 0 Å². The summed E-state index contributed by atoms with van der Waals surface area (Å²) in [7, 11) is 0. The lowest BCUT2D eigenvalue weighted by atomic mass is 10.1. The summed E-state index contributed by atoms with van der Waals surface area (Å²) in [5.74, 6) is 0. The Kier molecular flexibility index (Phi) is 8.24. The second-order valence-electron chi connectivity index (χ2n) is 2.73. The molecule has 82 valence electrons. The first-order chi connectivity index (χ1) is 7.29. The summed E-state index contributed by atoms with van der Waals surface area (Å²) >= 11 is 0. The molecule has 0 atom stereocenters. The fraction of sp³-hybridized carbons (Fsp3) is 0.167. The summed E-state index contributed by atoms with van der Waals surface area (Å²) in [6, 6.07) is 9.26. The summed E-state index contributed by atoms with van der Waals surface area (Å²) in [5, 5.41) is 0. The SMILES string of the molecule is C=CCN.NCC(=CF)c1ccccc1. The first-order valence-corrected chi connectivity index (χ1v) is 4.65. The van der Waals surface area contributed by atoms with Crippen LogP contribution in [0, 0.1) is 0 Å². The van der Waals surface area contributed by atoms with E-state index in [-0.39, 0.29) is 6.54 Å². The summed E-state index contributed by atoms with van der Waals surface area (Å²) in [6.07, 6.45) is 2.20. The number of nitrogens with two attached hydrogens (primary N) is 2. The molecule has 0 fully saturated rings. The van der Waals surface area contributed by atoms with Gasteiger partial charge in [0, 0.05) is 18.7 Å². The van der Waals surface area contributed by atoms with Crippen molar-refractivity contribution in [2.75, 3.05) is 13.1 Å².